The smallest absolute Gasteiger partial charge is 0.254 e. The zero-order valence-corrected chi connectivity index (χ0v) is 16.0. The molecule has 6 nitrogen and oxygen atoms in total. The third-order valence-electron chi connectivity index (χ3n) is 5.75. The Morgan fingerprint density at radius 1 is 1.30 bits per heavy atom. The van der Waals surface area contributed by atoms with Crippen molar-refractivity contribution in [1.82, 2.24) is 15.2 Å². The van der Waals surface area contributed by atoms with Gasteiger partial charge in [0.05, 0.1) is 24.3 Å². The number of nitrogens with one attached hydrogen (secondary N) is 2. The molecule has 0 saturated carbocycles. The number of carbonyl (C=O) groups is 2. The lowest BCUT2D eigenvalue weighted by Crippen LogP contribution is -2.50. The van der Waals surface area contributed by atoms with Crippen molar-refractivity contribution in [3.05, 3.63) is 35.0 Å². The van der Waals surface area contributed by atoms with Gasteiger partial charge in [0, 0.05) is 24.2 Å². The predicted molar refractivity (Wildman–Crippen MR) is 104 cm³/mol. The molecular weight excluding hydrogens is 342 g/mol. The third-order valence-corrected chi connectivity index (χ3v) is 5.75. The number of hydrogen-bond donors (Lipinski definition) is 2. The number of para-hydroxylation sites is 1. The number of morpholine rings is 1. The Bertz CT molecular complexity index is 867. The highest BCUT2D eigenvalue weighted by Gasteiger charge is 2.26. The van der Waals surface area contributed by atoms with E-state index in [1.807, 2.05) is 12.1 Å². The number of H-pyrrole nitrogens is 1. The van der Waals surface area contributed by atoms with Crippen LogP contribution in [0.1, 0.15) is 41.9 Å². The molecule has 6 heteroatoms. The fraction of sp³-hybridized carbons (Fsp3) is 0.524. The molecule has 4 rings (SSSR count). The van der Waals surface area contributed by atoms with E-state index in [1.165, 1.54) is 17.7 Å². The van der Waals surface area contributed by atoms with Gasteiger partial charge in [-0.15, -0.1) is 0 Å². The number of hydrogen-bond acceptors (Lipinski definition) is 3. The lowest BCUT2D eigenvalue weighted by atomic mass is 9.87. The van der Waals surface area contributed by atoms with Crippen molar-refractivity contribution in [2.75, 3.05) is 26.3 Å². The van der Waals surface area contributed by atoms with Gasteiger partial charge in [-0.05, 0) is 43.7 Å². The highest BCUT2D eigenvalue weighted by atomic mass is 16.5. The lowest BCUT2D eigenvalue weighted by molar-refractivity contribution is -0.136. The number of aromatic amines is 1. The fourth-order valence-electron chi connectivity index (χ4n) is 4.20. The summed E-state index contributed by atoms with van der Waals surface area (Å²) in [6, 6.07) is 5.28. The summed E-state index contributed by atoms with van der Waals surface area (Å²) in [5.41, 5.74) is 4.09. The van der Waals surface area contributed by atoms with Gasteiger partial charge in [-0.3, -0.25) is 9.59 Å². The van der Waals surface area contributed by atoms with Crippen LogP contribution < -0.4 is 5.32 Å². The van der Waals surface area contributed by atoms with Crippen LogP contribution in [-0.2, 0) is 22.4 Å². The molecule has 2 atom stereocenters. The Morgan fingerprint density at radius 3 is 2.85 bits per heavy atom. The van der Waals surface area contributed by atoms with Crippen LogP contribution in [0.3, 0.4) is 0 Å². The highest BCUT2D eigenvalue weighted by molar-refractivity contribution is 6.08. The number of aromatic nitrogens is 1. The number of aryl methyl sites for hydroxylation is 1. The zero-order valence-electron chi connectivity index (χ0n) is 16.0. The largest absolute Gasteiger partial charge is 0.378 e. The van der Waals surface area contributed by atoms with Crippen molar-refractivity contribution in [2.24, 2.45) is 5.92 Å². The Morgan fingerprint density at radius 2 is 2.07 bits per heavy atom. The first-order valence-corrected chi connectivity index (χ1v) is 9.84. The van der Waals surface area contributed by atoms with Gasteiger partial charge in [0.2, 0.25) is 5.91 Å². The third kappa shape index (κ3) is 3.46. The Hall–Kier alpha value is -2.34. The molecule has 1 fully saturated rings. The van der Waals surface area contributed by atoms with E-state index in [-0.39, 0.29) is 11.8 Å². The molecule has 0 unspecified atom stereocenters. The number of ether oxygens (including phenoxy) is 1. The molecule has 2 heterocycles. The minimum Gasteiger partial charge on any atom is -0.378 e. The van der Waals surface area contributed by atoms with E-state index in [4.69, 9.17) is 4.74 Å². The summed E-state index contributed by atoms with van der Waals surface area (Å²) in [7, 11) is 0. The number of benzene rings is 1. The SMILES string of the molecule is C[C@H]1CCc2[nH]c3c(C(=O)N[C@H](C)C(=O)N4CCOCC4)cccc3c2C1. The molecule has 2 N–H and O–H groups in total. The first-order chi connectivity index (χ1) is 13.0. The number of rotatable bonds is 3. The van der Waals surface area contributed by atoms with E-state index >= 15 is 0 Å². The van der Waals surface area contributed by atoms with Crippen molar-refractivity contribution in [3.8, 4) is 0 Å². The second kappa shape index (κ2) is 7.35. The van der Waals surface area contributed by atoms with E-state index in [9.17, 15) is 9.59 Å². The van der Waals surface area contributed by atoms with Crippen LogP contribution in [0.15, 0.2) is 18.2 Å². The average molecular weight is 369 g/mol. The van der Waals surface area contributed by atoms with Crippen LogP contribution in [0.5, 0.6) is 0 Å². The number of amides is 2. The normalized spacial score (nSPS) is 21.0. The summed E-state index contributed by atoms with van der Waals surface area (Å²) in [4.78, 5) is 30.7. The molecule has 2 aliphatic rings. The summed E-state index contributed by atoms with van der Waals surface area (Å²) in [6.07, 6.45) is 3.25. The molecule has 0 radical (unpaired) electrons. The lowest BCUT2D eigenvalue weighted by Gasteiger charge is -2.29. The van der Waals surface area contributed by atoms with Gasteiger partial charge in [0.15, 0.2) is 0 Å². The fourth-order valence-corrected chi connectivity index (χ4v) is 4.20. The standard InChI is InChI=1S/C21H27N3O3/c1-13-6-7-18-17(12-13)15-4-3-5-16(19(15)23-18)20(25)22-14(2)21(26)24-8-10-27-11-9-24/h3-5,13-14,23H,6-12H2,1-2H3,(H,22,25)/t13-,14+/m0/s1. The van der Waals surface area contributed by atoms with Gasteiger partial charge in [-0.25, -0.2) is 0 Å². The Balaban J connectivity index is 1.55. The van der Waals surface area contributed by atoms with Gasteiger partial charge < -0.3 is 19.9 Å². The quantitative estimate of drug-likeness (QED) is 0.872. The maximum absolute atomic E-state index is 12.9. The van der Waals surface area contributed by atoms with Crippen LogP contribution in [0.4, 0.5) is 0 Å². The summed E-state index contributed by atoms with van der Waals surface area (Å²) in [5.74, 6) is 0.403. The van der Waals surface area contributed by atoms with Crippen LogP contribution in [0, 0.1) is 5.92 Å². The van der Waals surface area contributed by atoms with Gasteiger partial charge in [0.25, 0.3) is 5.91 Å². The molecule has 1 aromatic carbocycles. The maximum atomic E-state index is 12.9. The van der Waals surface area contributed by atoms with Crippen molar-refractivity contribution in [2.45, 2.75) is 39.2 Å². The Labute approximate surface area is 159 Å². The molecule has 1 aliphatic carbocycles. The van der Waals surface area contributed by atoms with E-state index < -0.39 is 6.04 Å². The molecule has 0 spiro atoms. The van der Waals surface area contributed by atoms with Crippen LogP contribution in [-0.4, -0.2) is 54.0 Å². The van der Waals surface area contributed by atoms with E-state index in [0.717, 1.165) is 23.7 Å². The number of fused-ring (bicyclic) bond motifs is 3. The van der Waals surface area contributed by atoms with Crippen LogP contribution in [0.25, 0.3) is 10.9 Å². The summed E-state index contributed by atoms with van der Waals surface area (Å²) < 4.78 is 5.29. The first kappa shape index (κ1) is 18.0. The molecule has 1 saturated heterocycles. The predicted octanol–water partition coefficient (Wildman–Crippen LogP) is 2.27. The molecular formula is C21H27N3O3. The minimum absolute atomic E-state index is 0.0570. The molecule has 0 bridgehead atoms. The second-order valence-corrected chi connectivity index (χ2v) is 7.79. The molecule has 1 aliphatic heterocycles. The summed E-state index contributed by atoms with van der Waals surface area (Å²) in [6.45, 7) is 6.29. The van der Waals surface area contributed by atoms with E-state index in [2.05, 4.69) is 23.3 Å². The van der Waals surface area contributed by atoms with E-state index in [0.29, 0.717) is 37.8 Å². The van der Waals surface area contributed by atoms with Gasteiger partial charge in [-0.1, -0.05) is 19.1 Å². The van der Waals surface area contributed by atoms with Gasteiger partial charge in [-0.2, -0.15) is 0 Å². The topological polar surface area (TPSA) is 74.4 Å². The zero-order chi connectivity index (χ0) is 19.0. The molecule has 2 amide bonds. The van der Waals surface area contributed by atoms with Crippen molar-refractivity contribution < 1.29 is 14.3 Å². The van der Waals surface area contributed by atoms with Crippen molar-refractivity contribution in [1.29, 1.82) is 0 Å². The van der Waals surface area contributed by atoms with Gasteiger partial charge in [0.1, 0.15) is 6.04 Å². The second-order valence-electron chi connectivity index (χ2n) is 7.79. The number of nitrogens with zero attached hydrogens (tertiary/aromatic N) is 1. The first-order valence-electron chi connectivity index (χ1n) is 9.84. The van der Waals surface area contributed by atoms with Crippen molar-refractivity contribution in [3.63, 3.8) is 0 Å². The molecule has 27 heavy (non-hydrogen) atoms. The monoisotopic (exact) mass is 369 g/mol. The molecule has 1 aromatic heterocycles. The Kier molecular flexibility index (Phi) is 4.91. The molecule has 2 aromatic rings. The van der Waals surface area contributed by atoms with Crippen LogP contribution >= 0.6 is 0 Å². The number of carbonyl (C=O) groups excluding carboxylic acids is 2. The maximum Gasteiger partial charge on any atom is 0.254 e. The molecule has 144 valence electrons. The highest BCUT2D eigenvalue weighted by Crippen LogP contribution is 2.32. The van der Waals surface area contributed by atoms with E-state index in [1.54, 1.807) is 11.8 Å². The van der Waals surface area contributed by atoms with Gasteiger partial charge >= 0.3 is 0 Å². The average Bonchev–Trinajstić information content (AvgIpc) is 3.05. The van der Waals surface area contributed by atoms with Crippen LogP contribution in [0.2, 0.25) is 0 Å². The minimum atomic E-state index is -0.560. The summed E-state index contributed by atoms with van der Waals surface area (Å²) >= 11 is 0. The van der Waals surface area contributed by atoms with Crippen molar-refractivity contribution >= 4 is 22.7 Å². The summed E-state index contributed by atoms with van der Waals surface area (Å²) in [5, 5.41) is 4.02.